The first-order valence-corrected chi connectivity index (χ1v) is 8.75. The molecule has 1 aromatic carbocycles. The van der Waals surface area contributed by atoms with E-state index in [9.17, 15) is 22.7 Å². The quantitative estimate of drug-likeness (QED) is 0.751. The Morgan fingerprint density at radius 1 is 1.07 bits per heavy atom. The summed E-state index contributed by atoms with van der Waals surface area (Å²) in [6, 6.07) is 6.36. The van der Waals surface area contributed by atoms with Crippen LogP contribution >= 0.6 is 0 Å². The number of aliphatic hydroxyl groups is 1. The molecule has 2 heterocycles. The van der Waals surface area contributed by atoms with Crippen molar-refractivity contribution in [1.82, 2.24) is 14.9 Å². The zero-order valence-electron chi connectivity index (χ0n) is 14.9. The molecule has 3 rings (SSSR count). The first-order chi connectivity index (χ1) is 13.3. The van der Waals surface area contributed by atoms with Crippen molar-refractivity contribution in [3.05, 3.63) is 48.0 Å². The van der Waals surface area contributed by atoms with E-state index in [-0.39, 0.29) is 18.4 Å². The number of aromatic nitrogens is 2. The van der Waals surface area contributed by atoms with Crippen molar-refractivity contribution < 1.29 is 27.4 Å². The number of benzene rings is 1. The van der Waals surface area contributed by atoms with Crippen molar-refractivity contribution in [2.24, 2.45) is 0 Å². The maximum atomic E-state index is 12.8. The summed E-state index contributed by atoms with van der Waals surface area (Å²) in [5.74, 6) is 0.150. The normalized spacial score (nSPS) is 16.8. The van der Waals surface area contributed by atoms with Crippen LogP contribution in [0, 0.1) is 5.82 Å². The van der Waals surface area contributed by atoms with Gasteiger partial charge in [-0.05, 0) is 30.3 Å². The summed E-state index contributed by atoms with van der Waals surface area (Å²) in [6.07, 6.45) is -4.15. The van der Waals surface area contributed by atoms with Gasteiger partial charge in [-0.15, -0.1) is 0 Å². The summed E-state index contributed by atoms with van der Waals surface area (Å²) in [4.78, 5) is 11.2. The highest BCUT2D eigenvalue weighted by molar-refractivity contribution is 5.31. The molecule has 10 heteroatoms. The second-order valence-electron chi connectivity index (χ2n) is 6.45. The molecule has 0 bridgehead atoms. The lowest BCUT2D eigenvalue weighted by Gasteiger charge is -2.35. The predicted octanol–water partition coefficient (Wildman–Crippen LogP) is 2.20. The van der Waals surface area contributed by atoms with Gasteiger partial charge in [-0.25, -0.2) is 14.4 Å². The third-order valence-electron chi connectivity index (χ3n) is 4.31. The van der Waals surface area contributed by atoms with Crippen LogP contribution in [-0.4, -0.2) is 65.4 Å². The minimum absolute atomic E-state index is 0.0506. The summed E-state index contributed by atoms with van der Waals surface area (Å²) in [7, 11) is 0. The molecule has 2 aromatic rings. The van der Waals surface area contributed by atoms with E-state index in [2.05, 4.69) is 9.97 Å². The summed E-state index contributed by atoms with van der Waals surface area (Å²) >= 11 is 0. The van der Waals surface area contributed by atoms with Gasteiger partial charge in [0.25, 0.3) is 0 Å². The van der Waals surface area contributed by atoms with E-state index in [1.54, 1.807) is 4.90 Å². The van der Waals surface area contributed by atoms with Crippen LogP contribution in [0.15, 0.2) is 36.5 Å². The first kappa shape index (κ1) is 20.3. The van der Waals surface area contributed by atoms with Crippen molar-refractivity contribution >= 4 is 5.95 Å². The van der Waals surface area contributed by atoms with Crippen LogP contribution in [0.2, 0.25) is 0 Å². The van der Waals surface area contributed by atoms with Crippen molar-refractivity contribution in [2.45, 2.75) is 12.3 Å². The molecule has 28 heavy (non-hydrogen) atoms. The van der Waals surface area contributed by atoms with E-state index in [0.29, 0.717) is 38.5 Å². The van der Waals surface area contributed by atoms with E-state index in [0.717, 1.165) is 12.3 Å². The van der Waals surface area contributed by atoms with Crippen molar-refractivity contribution in [3.63, 3.8) is 0 Å². The van der Waals surface area contributed by atoms with Crippen LogP contribution in [0.1, 0.15) is 5.69 Å². The second-order valence-corrected chi connectivity index (χ2v) is 6.45. The number of rotatable bonds is 6. The lowest BCUT2D eigenvalue weighted by atomic mass is 10.2. The Morgan fingerprint density at radius 2 is 1.75 bits per heavy atom. The van der Waals surface area contributed by atoms with E-state index in [4.69, 9.17) is 4.74 Å². The van der Waals surface area contributed by atoms with Crippen LogP contribution < -0.4 is 9.64 Å². The summed E-state index contributed by atoms with van der Waals surface area (Å²) in [5, 5.41) is 10.1. The number of alkyl halides is 3. The van der Waals surface area contributed by atoms with Gasteiger partial charge in [0.1, 0.15) is 30.0 Å². The van der Waals surface area contributed by atoms with Gasteiger partial charge in [0.2, 0.25) is 5.95 Å². The minimum atomic E-state index is -4.51. The molecule has 0 unspecified atom stereocenters. The monoisotopic (exact) mass is 400 g/mol. The fraction of sp³-hybridized carbons (Fsp3) is 0.444. The smallest absolute Gasteiger partial charge is 0.433 e. The van der Waals surface area contributed by atoms with Crippen LogP contribution in [0.3, 0.4) is 0 Å². The van der Waals surface area contributed by atoms with Gasteiger partial charge >= 0.3 is 6.18 Å². The molecule has 0 saturated carbocycles. The summed E-state index contributed by atoms with van der Waals surface area (Å²) < 4.78 is 56.6. The van der Waals surface area contributed by atoms with Gasteiger partial charge in [-0.2, -0.15) is 13.2 Å². The second kappa shape index (κ2) is 8.70. The fourth-order valence-electron chi connectivity index (χ4n) is 2.86. The number of nitrogens with zero attached hydrogens (tertiary/aromatic N) is 4. The number of halogens is 4. The highest BCUT2D eigenvalue weighted by Gasteiger charge is 2.33. The number of anilines is 1. The zero-order valence-corrected chi connectivity index (χ0v) is 14.9. The molecular weight excluding hydrogens is 380 g/mol. The van der Waals surface area contributed by atoms with Crippen LogP contribution in [0.5, 0.6) is 5.75 Å². The fourth-order valence-corrected chi connectivity index (χ4v) is 2.86. The molecule has 1 fully saturated rings. The van der Waals surface area contributed by atoms with E-state index in [1.165, 1.54) is 24.3 Å². The van der Waals surface area contributed by atoms with Gasteiger partial charge < -0.3 is 14.7 Å². The van der Waals surface area contributed by atoms with Crippen molar-refractivity contribution in [3.8, 4) is 5.75 Å². The van der Waals surface area contributed by atoms with Crippen LogP contribution in [0.4, 0.5) is 23.5 Å². The number of aliphatic hydroxyl groups excluding tert-OH is 1. The Hall–Kier alpha value is -2.46. The van der Waals surface area contributed by atoms with Crippen molar-refractivity contribution in [1.29, 1.82) is 0 Å². The number of β-amino-alcohol motifs (C(OH)–C–C–N with tert-alkyl or cyclic N) is 1. The average Bonchev–Trinajstić information content (AvgIpc) is 2.68. The third-order valence-corrected chi connectivity index (χ3v) is 4.31. The molecular formula is C18H20F4N4O2. The summed E-state index contributed by atoms with van der Waals surface area (Å²) in [5.41, 5.74) is -0.965. The van der Waals surface area contributed by atoms with E-state index in [1.807, 2.05) is 4.90 Å². The molecule has 152 valence electrons. The predicted molar refractivity (Wildman–Crippen MR) is 93.6 cm³/mol. The molecule has 1 aliphatic rings. The van der Waals surface area contributed by atoms with E-state index < -0.39 is 18.0 Å². The lowest BCUT2D eigenvalue weighted by molar-refractivity contribution is -0.141. The molecule has 1 aliphatic heterocycles. The van der Waals surface area contributed by atoms with Gasteiger partial charge in [-0.1, -0.05) is 0 Å². The Kier molecular flexibility index (Phi) is 6.30. The molecule has 1 N–H and O–H groups in total. The topological polar surface area (TPSA) is 61.7 Å². The standard InChI is InChI=1S/C18H20F4N4O2/c19-13-1-3-15(4-2-13)28-12-14(27)11-25-7-9-26(10-8-25)17-23-6-5-16(24-17)18(20,21)22/h1-6,14,27H,7-12H2/t14-/m0/s1. The minimum Gasteiger partial charge on any atom is -0.491 e. The molecule has 6 nitrogen and oxygen atoms in total. The molecule has 1 aromatic heterocycles. The molecule has 1 saturated heterocycles. The van der Waals surface area contributed by atoms with Crippen molar-refractivity contribution in [2.75, 3.05) is 44.2 Å². The first-order valence-electron chi connectivity index (χ1n) is 8.75. The number of hydrogen-bond donors (Lipinski definition) is 1. The van der Waals surface area contributed by atoms with Gasteiger partial charge in [0.05, 0.1) is 0 Å². The Bertz CT molecular complexity index is 765. The zero-order chi connectivity index (χ0) is 20.1. The maximum absolute atomic E-state index is 12.8. The molecule has 0 amide bonds. The van der Waals surface area contributed by atoms with Gasteiger partial charge in [0.15, 0.2) is 0 Å². The molecule has 0 aliphatic carbocycles. The molecule has 0 spiro atoms. The Balaban J connectivity index is 1.45. The lowest BCUT2D eigenvalue weighted by Crippen LogP contribution is -2.49. The number of hydrogen-bond acceptors (Lipinski definition) is 6. The largest absolute Gasteiger partial charge is 0.491 e. The molecule has 0 radical (unpaired) electrons. The highest BCUT2D eigenvalue weighted by atomic mass is 19.4. The van der Waals surface area contributed by atoms with E-state index >= 15 is 0 Å². The van der Waals surface area contributed by atoms with Crippen LogP contribution in [-0.2, 0) is 6.18 Å². The summed E-state index contributed by atoms with van der Waals surface area (Å²) in [6.45, 7) is 2.42. The Labute approximate surface area is 159 Å². The number of ether oxygens (including phenoxy) is 1. The number of piperazine rings is 1. The average molecular weight is 400 g/mol. The van der Waals surface area contributed by atoms with Crippen LogP contribution in [0.25, 0.3) is 0 Å². The Morgan fingerprint density at radius 3 is 2.39 bits per heavy atom. The molecule has 1 atom stereocenters. The SMILES string of the molecule is O[C@H](COc1ccc(F)cc1)CN1CCN(c2nccc(C(F)(F)F)n2)CC1. The van der Waals surface area contributed by atoms with Gasteiger partial charge in [-0.3, -0.25) is 4.90 Å². The van der Waals surface area contributed by atoms with Gasteiger partial charge in [0, 0.05) is 38.9 Å². The highest BCUT2D eigenvalue weighted by Crippen LogP contribution is 2.28. The third kappa shape index (κ3) is 5.52. The maximum Gasteiger partial charge on any atom is 0.433 e.